The van der Waals surface area contributed by atoms with Crippen LogP contribution in [0.1, 0.15) is 24.7 Å². The highest BCUT2D eigenvalue weighted by molar-refractivity contribution is 6.25. The van der Waals surface area contributed by atoms with Crippen LogP contribution in [0.25, 0.3) is 87.6 Å². The highest BCUT2D eigenvalue weighted by atomic mass is 16.3. The first kappa shape index (κ1) is 12.3. The Kier molecular flexibility index (Phi) is 2.70. The van der Waals surface area contributed by atoms with Gasteiger partial charge in [0, 0.05) is 10.8 Å². The third-order valence-electron chi connectivity index (χ3n) is 7.64. The predicted octanol–water partition coefficient (Wildman–Crippen LogP) is 12.0. The molecule has 0 spiro atoms. The van der Waals surface area contributed by atoms with Gasteiger partial charge in [-0.05, 0) is 77.8 Å². The minimum Gasteiger partial charge on any atom is -0.456 e. The molecule has 1 heterocycles. The molecule has 0 N–H and O–H groups in total. The van der Waals surface area contributed by atoms with Gasteiger partial charge in [-0.1, -0.05) is 145 Å². The van der Waals surface area contributed by atoms with E-state index in [1.807, 2.05) is 0 Å². The molecule has 1 heteroatoms. The molecule has 9 aromatic rings. The number of hydrogen-bond donors (Lipinski definition) is 0. The van der Waals surface area contributed by atoms with Crippen molar-refractivity contribution in [1.82, 2.24) is 0 Å². The summed E-state index contributed by atoms with van der Waals surface area (Å²) in [4.78, 5) is 0. The van der Waals surface area contributed by atoms with Gasteiger partial charge in [0.05, 0.1) is 24.7 Å². The smallest absolute Gasteiger partial charge is 0.136 e. The zero-order chi connectivity index (χ0) is 44.0. The second-order valence-corrected chi connectivity index (χ2v) is 9.88. The zero-order valence-corrected chi connectivity index (χ0v) is 22.0. The van der Waals surface area contributed by atoms with Crippen LogP contribution in [0.15, 0.2) is 162 Å². The molecule has 0 atom stereocenters. The average molecular weight is 565 g/mol. The first-order valence-electron chi connectivity index (χ1n) is 22.3. The Labute approximate surface area is 274 Å². The third-order valence-corrected chi connectivity index (χ3v) is 7.64. The van der Waals surface area contributed by atoms with Crippen LogP contribution in [-0.4, -0.2) is 0 Å². The Bertz CT molecular complexity index is 3430. The molecule has 8 aromatic carbocycles. The van der Waals surface area contributed by atoms with E-state index in [4.69, 9.17) is 25.0 Å². The van der Waals surface area contributed by atoms with Crippen LogP contribution < -0.4 is 0 Å². The van der Waals surface area contributed by atoms with Gasteiger partial charge in [-0.15, -0.1) is 0 Å². The van der Waals surface area contributed by atoms with Crippen molar-refractivity contribution in [3.05, 3.63) is 157 Å². The summed E-state index contributed by atoms with van der Waals surface area (Å²) in [5, 5.41) is 0.548. The maximum Gasteiger partial charge on any atom is 0.136 e. The number of furan rings is 1. The van der Waals surface area contributed by atoms with Gasteiger partial charge in [-0.2, -0.15) is 0 Å². The molecular weight excluding hydrogens is 520 g/mol. The third kappa shape index (κ3) is 3.65. The number of benzene rings is 8. The Morgan fingerprint density at radius 2 is 0.977 bits per heavy atom. The number of rotatable bonds is 3. The first-order chi connectivity index (χ1) is 28.7. The summed E-state index contributed by atoms with van der Waals surface area (Å²) in [6.45, 7) is 0. The molecule has 0 saturated carbocycles. The molecule has 200 valence electrons. The molecule has 0 unspecified atom stereocenters. The van der Waals surface area contributed by atoms with Crippen LogP contribution in [0.5, 0.6) is 0 Å². The van der Waals surface area contributed by atoms with Gasteiger partial charge in [-0.25, -0.2) is 0 Å². The van der Waals surface area contributed by atoms with E-state index in [-0.39, 0.29) is 142 Å². The molecule has 0 aliphatic carbocycles. The summed E-state index contributed by atoms with van der Waals surface area (Å²) >= 11 is 0. The van der Waals surface area contributed by atoms with Crippen molar-refractivity contribution in [1.29, 1.82) is 0 Å². The van der Waals surface area contributed by atoms with Crippen LogP contribution in [0.3, 0.4) is 0 Å². The van der Waals surface area contributed by atoms with E-state index >= 15 is 0 Å². The molecule has 0 aliphatic rings. The molecule has 0 saturated heterocycles. The minimum absolute atomic E-state index is 0.00985. The molecule has 1 aromatic heterocycles. The van der Waals surface area contributed by atoms with E-state index in [1.54, 1.807) is 0 Å². The van der Waals surface area contributed by atoms with E-state index in [0.717, 1.165) is 0 Å². The fourth-order valence-electron chi connectivity index (χ4n) is 5.82. The van der Waals surface area contributed by atoms with Gasteiger partial charge in [0.15, 0.2) is 0 Å². The van der Waals surface area contributed by atoms with Gasteiger partial charge in [-0.3, -0.25) is 0 Å². The molecule has 0 amide bonds. The normalized spacial score (nSPS) is 17.6. The molecule has 0 aliphatic heterocycles. The quantitative estimate of drug-likeness (QED) is 0.195. The number of fused-ring (bicyclic) bond motifs is 6. The Hall–Kier alpha value is -5.66. The lowest BCUT2D eigenvalue weighted by Gasteiger charge is -2.18. The van der Waals surface area contributed by atoms with Crippen molar-refractivity contribution in [3.63, 3.8) is 0 Å². The van der Waals surface area contributed by atoms with Crippen LogP contribution >= 0.6 is 0 Å². The van der Waals surface area contributed by atoms with Crippen molar-refractivity contribution in [2.45, 2.75) is 0 Å². The fourth-order valence-corrected chi connectivity index (χ4v) is 5.82. The Morgan fingerprint density at radius 3 is 1.74 bits per heavy atom. The topological polar surface area (TPSA) is 13.1 Å². The lowest BCUT2D eigenvalue weighted by Crippen LogP contribution is -1.91. The van der Waals surface area contributed by atoms with Gasteiger partial charge in [0.25, 0.3) is 0 Å². The standard InChI is InChI=1S/C42H26O/c1-2-13-30-27(11-1)12-9-19-31(30)28-23-25-29(26-24-28)40-32-14-3-5-16-34(32)41(35-17-6-4-15-33(35)40)37-20-10-22-39-42(37)36-18-7-8-21-38(36)43-39/h1-26H/i1D,2D,3D,4D,5D,6D,7D,8D,9D,10D,11D,12D,18D,20D,21D,22D,23D,24D. The van der Waals surface area contributed by atoms with Crippen molar-refractivity contribution in [2.75, 3.05) is 0 Å². The highest BCUT2D eigenvalue weighted by Crippen LogP contribution is 2.47. The second kappa shape index (κ2) is 9.44. The van der Waals surface area contributed by atoms with Crippen molar-refractivity contribution < 1.29 is 29.1 Å². The second-order valence-electron chi connectivity index (χ2n) is 9.88. The lowest BCUT2D eigenvalue weighted by atomic mass is 9.84. The van der Waals surface area contributed by atoms with Crippen molar-refractivity contribution in [3.8, 4) is 33.4 Å². The number of hydrogen-bond acceptors (Lipinski definition) is 1. The average Bonchev–Trinajstić information content (AvgIpc) is 3.61. The van der Waals surface area contributed by atoms with Crippen LogP contribution in [0.2, 0.25) is 0 Å². The summed E-state index contributed by atoms with van der Waals surface area (Å²) in [5.41, 5.74) is -0.0973. The molecule has 0 bridgehead atoms. The zero-order valence-electron chi connectivity index (χ0n) is 40.0. The minimum atomic E-state index is -0.617. The van der Waals surface area contributed by atoms with Crippen LogP contribution in [0.4, 0.5) is 0 Å². The molecule has 9 rings (SSSR count). The first-order valence-corrected chi connectivity index (χ1v) is 13.3. The maximum atomic E-state index is 9.32. The van der Waals surface area contributed by atoms with Gasteiger partial charge in [0.1, 0.15) is 11.2 Å². The molecule has 43 heavy (non-hydrogen) atoms. The highest BCUT2D eigenvalue weighted by Gasteiger charge is 2.20. The van der Waals surface area contributed by atoms with Gasteiger partial charge >= 0.3 is 0 Å². The van der Waals surface area contributed by atoms with Crippen molar-refractivity contribution >= 4 is 54.3 Å². The van der Waals surface area contributed by atoms with E-state index in [2.05, 4.69) is 0 Å². The predicted molar refractivity (Wildman–Crippen MR) is 183 cm³/mol. The monoisotopic (exact) mass is 564 g/mol. The summed E-state index contributed by atoms with van der Waals surface area (Å²) in [6.07, 6.45) is 0. The van der Waals surface area contributed by atoms with E-state index in [1.165, 1.54) is 48.5 Å². The molecular formula is C42H26O. The molecule has 0 radical (unpaired) electrons. The number of para-hydroxylation sites is 1. The van der Waals surface area contributed by atoms with Gasteiger partial charge < -0.3 is 4.42 Å². The summed E-state index contributed by atoms with van der Waals surface area (Å²) in [5.74, 6) is 0. The summed E-state index contributed by atoms with van der Waals surface area (Å²) < 4.78 is 163. The largest absolute Gasteiger partial charge is 0.456 e. The van der Waals surface area contributed by atoms with Gasteiger partial charge in [0.2, 0.25) is 0 Å². The SMILES string of the molecule is [2H]c1cc2c(-c3cc([2H])c(-c4cc([2H])c([2H])c5c([2H])c([2H])c([2H])cc45)c([2H])c3)c3cc([2H])c([2H])cc3c(-c3c([2H])c([2H])c([2H])c4oc5c([2H])c([2H])c([2H])c([2H])c5c34)c2cc1[2H]. The van der Waals surface area contributed by atoms with E-state index < -0.39 is 54.4 Å². The Balaban J connectivity index is 1.45. The maximum absolute atomic E-state index is 9.32. The van der Waals surface area contributed by atoms with Crippen LogP contribution in [0, 0.1) is 0 Å². The van der Waals surface area contributed by atoms with Crippen molar-refractivity contribution in [2.24, 2.45) is 0 Å². The molecule has 0 fully saturated rings. The van der Waals surface area contributed by atoms with E-state index in [9.17, 15) is 4.11 Å². The van der Waals surface area contributed by atoms with Crippen LogP contribution in [-0.2, 0) is 0 Å². The molecule has 1 nitrogen and oxygen atoms in total. The summed E-state index contributed by atoms with van der Waals surface area (Å²) in [7, 11) is 0. The lowest BCUT2D eigenvalue weighted by molar-refractivity contribution is 0.669. The summed E-state index contributed by atoms with van der Waals surface area (Å²) in [6, 6.07) is 3.19. The fraction of sp³-hybridized carbons (Fsp3) is 0. The Morgan fingerprint density at radius 1 is 0.372 bits per heavy atom. The van der Waals surface area contributed by atoms with E-state index in [0.29, 0.717) is 0 Å².